The van der Waals surface area contributed by atoms with Crippen LogP contribution in [0, 0.1) is 5.82 Å². The molecule has 0 saturated carbocycles. The van der Waals surface area contributed by atoms with E-state index < -0.39 is 5.82 Å². The van der Waals surface area contributed by atoms with Crippen LogP contribution in [0.2, 0.25) is 5.02 Å². The summed E-state index contributed by atoms with van der Waals surface area (Å²) in [6.45, 7) is 0. The number of hydrogen-bond acceptors (Lipinski definition) is 5. The molecule has 0 aliphatic heterocycles. The van der Waals surface area contributed by atoms with Crippen molar-refractivity contribution in [1.29, 1.82) is 0 Å². The fourth-order valence-electron chi connectivity index (χ4n) is 1.67. The van der Waals surface area contributed by atoms with E-state index >= 15 is 0 Å². The van der Waals surface area contributed by atoms with Crippen molar-refractivity contribution in [3.05, 3.63) is 47.4 Å². The van der Waals surface area contributed by atoms with Crippen LogP contribution in [0.15, 0.2) is 41.1 Å². The van der Waals surface area contributed by atoms with E-state index in [1.54, 1.807) is 18.2 Å². The van der Waals surface area contributed by atoms with E-state index in [0.717, 1.165) is 6.20 Å². The lowest BCUT2D eigenvalue weighted by Crippen LogP contribution is -1.90. The number of nitrogen functional groups attached to an aromatic ring is 1. The first kappa shape index (κ1) is 12.6. The molecule has 0 amide bonds. The Morgan fingerprint density at radius 3 is 2.75 bits per heavy atom. The zero-order valence-corrected chi connectivity index (χ0v) is 10.8. The summed E-state index contributed by atoms with van der Waals surface area (Å²) in [6, 6.07) is 7.70. The van der Waals surface area contributed by atoms with Crippen LogP contribution in [0.4, 0.5) is 10.1 Å². The van der Waals surface area contributed by atoms with Crippen molar-refractivity contribution in [2.45, 2.75) is 0 Å². The number of aromatic nitrogens is 3. The van der Waals surface area contributed by atoms with Gasteiger partial charge in [0.1, 0.15) is 11.5 Å². The first-order chi connectivity index (χ1) is 9.63. The smallest absolute Gasteiger partial charge is 0.260 e. The van der Waals surface area contributed by atoms with Crippen molar-refractivity contribution in [2.75, 3.05) is 5.73 Å². The van der Waals surface area contributed by atoms with Gasteiger partial charge in [0.15, 0.2) is 0 Å². The molecule has 0 atom stereocenters. The van der Waals surface area contributed by atoms with Gasteiger partial charge in [-0.25, -0.2) is 9.37 Å². The molecule has 2 heterocycles. The topological polar surface area (TPSA) is 77.8 Å². The molecule has 0 radical (unpaired) electrons. The fourth-order valence-corrected chi connectivity index (χ4v) is 1.85. The molecule has 20 heavy (non-hydrogen) atoms. The highest BCUT2D eigenvalue weighted by Gasteiger charge is 2.14. The summed E-state index contributed by atoms with van der Waals surface area (Å²) in [5, 5.41) is 4.32. The standard InChI is InChI=1S/C13H8ClFN4O/c14-7-1-3-9(10(16)5-7)13-18-12(19-20-13)11-4-2-8(15)6-17-11/h1-6H,16H2. The molecule has 2 aromatic heterocycles. The number of benzene rings is 1. The van der Waals surface area contributed by atoms with Crippen molar-refractivity contribution in [2.24, 2.45) is 0 Å². The predicted molar refractivity (Wildman–Crippen MR) is 72.3 cm³/mol. The Labute approximate surface area is 118 Å². The van der Waals surface area contributed by atoms with Crippen LogP contribution in [0.3, 0.4) is 0 Å². The average molecular weight is 291 g/mol. The fraction of sp³-hybridized carbons (Fsp3) is 0. The molecule has 7 heteroatoms. The molecule has 3 aromatic rings. The summed E-state index contributed by atoms with van der Waals surface area (Å²) in [6.07, 6.45) is 1.09. The minimum absolute atomic E-state index is 0.250. The minimum Gasteiger partial charge on any atom is -0.398 e. The van der Waals surface area contributed by atoms with Gasteiger partial charge < -0.3 is 10.3 Å². The zero-order chi connectivity index (χ0) is 14.1. The van der Waals surface area contributed by atoms with Gasteiger partial charge in [-0.05, 0) is 30.3 Å². The van der Waals surface area contributed by atoms with Crippen LogP contribution in [0.1, 0.15) is 0 Å². The van der Waals surface area contributed by atoms with Gasteiger partial charge in [0, 0.05) is 10.7 Å². The van der Waals surface area contributed by atoms with Crippen LogP contribution in [0.25, 0.3) is 23.0 Å². The number of nitrogens with two attached hydrogens (primary N) is 1. The highest BCUT2D eigenvalue weighted by atomic mass is 35.5. The normalized spacial score (nSPS) is 10.7. The van der Waals surface area contributed by atoms with E-state index in [4.69, 9.17) is 21.9 Å². The summed E-state index contributed by atoms with van der Waals surface area (Å²) in [5.41, 5.74) is 7.26. The van der Waals surface area contributed by atoms with Crippen molar-refractivity contribution < 1.29 is 8.91 Å². The van der Waals surface area contributed by atoms with Gasteiger partial charge >= 0.3 is 0 Å². The van der Waals surface area contributed by atoms with E-state index in [1.807, 2.05) is 0 Å². The molecular formula is C13H8ClFN4O. The Morgan fingerprint density at radius 2 is 2.05 bits per heavy atom. The monoisotopic (exact) mass is 290 g/mol. The van der Waals surface area contributed by atoms with E-state index in [0.29, 0.717) is 22.0 Å². The summed E-state index contributed by atoms with van der Waals surface area (Å²) in [4.78, 5) is 8.06. The van der Waals surface area contributed by atoms with E-state index in [9.17, 15) is 4.39 Å². The van der Waals surface area contributed by atoms with Gasteiger partial charge in [-0.2, -0.15) is 4.98 Å². The van der Waals surface area contributed by atoms with E-state index in [-0.39, 0.29) is 11.7 Å². The molecule has 2 N–H and O–H groups in total. The molecule has 0 spiro atoms. The molecule has 5 nitrogen and oxygen atoms in total. The largest absolute Gasteiger partial charge is 0.398 e. The summed E-state index contributed by atoms with van der Waals surface area (Å²) in [7, 11) is 0. The van der Waals surface area contributed by atoms with E-state index in [1.165, 1.54) is 12.1 Å². The van der Waals surface area contributed by atoms with Gasteiger partial charge in [0.25, 0.3) is 5.89 Å². The SMILES string of the molecule is Nc1cc(Cl)ccc1-c1nc(-c2ccc(F)cn2)no1. The van der Waals surface area contributed by atoms with Gasteiger partial charge in [0.2, 0.25) is 5.82 Å². The van der Waals surface area contributed by atoms with Crippen molar-refractivity contribution in [1.82, 2.24) is 15.1 Å². The second kappa shape index (κ2) is 4.90. The predicted octanol–water partition coefficient (Wildman–Crippen LogP) is 3.17. The van der Waals surface area contributed by atoms with Crippen molar-refractivity contribution in [3.8, 4) is 23.0 Å². The third kappa shape index (κ3) is 2.33. The lowest BCUT2D eigenvalue weighted by molar-refractivity contribution is 0.432. The second-order valence-electron chi connectivity index (χ2n) is 4.02. The Bertz CT molecular complexity index is 757. The van der Waals surface area contributed by atoms with Crippen LogP contribution < -0.4 is 5.73 Å². The average Bonchev–Trinajstić information content (AvgIpc) is 2.89. The lowest BCUT2D eigenvalue weighted by atomic mass is 10.2. The molecule has 0 aliphatic carbocycles. The lowest BCUT2D eigenvalue weighted by Gasteiger charge is -2.00. The van der Waals surface area contributed by atoms with Crippen LogP contribution in [0.5, 0.6) is 0 Å². The third-order valence-corrected chi connectivity index (χ3v) is 2.86. The second-order valence-corrected chi connectivity index (χ2v) is 4.45. The van der Waals surface area contributed by atoms with E-state index in [2.05, 4.69) is 15.1 Å². The molecular weight excluding hydrogens is 283 g/mol. The molecule has 0 unspecified atom stereocenters. The zero-order valence-electron chi connectivity index (χ0n) is 10.0. The highest BCUT2D eigenvalue weighted by Crippen LogP contribution is 2.28. The number of pyridine rings is 1. The Kier molecular flexibility index (Phi) is 3.08. The minimum atomic E-state index is -0.431. The maximum absolute atomic E-state index is 12.8. The highest BCUT2D eigenvalue weighted by molar-refractivity contribution is 6.31. The van der Waals surface area contributed by atoms with Gasteiger partial charge in [-0.3, -0.25) is 0 Å². The van der Waals surface area contributed by atoms with Gasteiger partial charge in [-0.1, -0.05) is 16.8 Å². The number of halogens is 2. The number of rotatable bonds is 2. The van der Waals surface area contributed by atoms with Crippen molar-refractivity contribution in [3.63, 3.8) is 0 Å². The molecule has 3 rings (SSSR count). The van der Waals surface area contributed by atoms with Crippen molar-refractivity contribution >= 4 is 17.3 Å². The molecule has 1 aromatic carbocycles. The van der Waals surface area contributed by atoms with Crippen LogP contribution >= 0.6 is 11.6 Å². The quantitative estimate of drug-likeness (QED) is 0.733. The molecule has 0 bridgehead atoms. The first-order valence-corrected chi connectivity index (χ1v) is 6.02. The number of nitrogens with zero attached hydrogens (tertiary/aromatic N) is 3. The summed E-state index contributed by atoms with van der Waals surface area (Å²) >= 11 is 5.83. The summed E-state index contributed by atoms with van der Waals surface area (Å²) in [5.74, 6) is 0.0778. The molecule has 0 fully saturated rings. The first-order valence-electron chi connectivity index (χ1n) is 5.64. The Morgan fingerprint density at radius 1 is 1.20 bits per heavy atom. The molecule has 0 aliphatic rings. The maximum atomic E-state index is 12.8. The van der Waals surface area contributed by atoms with Gasteiger partial charge in [-0.15, -0.1) is 0 Å². The number of hydrogen-bond donors (Lipinski definition) is 1. The Hall–Kier alpha value is -2.47. The van der Waals surface area contributed by atoms with Gasteiger partial charge in [0.05, 0.1) is 11.8 Å². The molecule has 100 valence electrons. The summed E-state index contributed by atoms with van der Waals surface area (Å²) < 4.78 is 17.9. The Balaban J connectivity index is 1.99. The number of anilines is 1. The molecule has 0 saturated heterocycles. The maximum Gasteiger partial charge on any atom is 0.260 e. The van der Waals surface area contributed by atoms with Crippen LogP contribution in [-0.4, -0.2) is 15.1 Å². The third-order valence-electron chi connectivity index (χ3n) is 2.63. The van der Waals surface area contributed by atoms with Crippen LogP contribution in [-0.2, 0) is 0 Å².